The lowest BCUT2D eigenvalue weighted by molar-refractivity contribution is 1.02. The van der Waals surface area contributed by atoms with Crippen molar-refractivity contribution in [1.82, 2.24) is 15.0 Å². The summed E-state index contributed by atoms with van der Waals surface area (Å²) in [5.74, 6) is 0.852. The number of rotatable bonds is 4. The van der Waals surface area contributed by atoms with Gasteiger partial charge in [-0.1, -0.05) is 12.1 Å². The van der Waals surface area contributed by atoms with Crippen LogP contribution in [0.5, 0.6) is 0 Å². The first-order valence-electron chi connectivity index (χ1n) is 5.36. The van der Waals surface area contributed by atoms with Crippen molar-refractivity contribution in [2.75, 3.05) is 17.2 Å². The van der Waals surface area contributed by atoms with Gasteiger partial charge < -0.3 is 10.6 Å². The van der Waals surface area contributed by atoms with Crippen molar-refractivity contribution in [3.8, 4) is 0 Å². The summed E-state index contributed by atoms with van der Waals surface area (Å²) in [6.07, 6.45) is 0. The number of nitrogens with zero attached hydrogens (tertiary/aromatic N) is 3. The average Bonchev–Trinajstić information content (AvgIpc) is 2.32. The molecule has 7 heteroatoms. The Bertz CT molecular complexity index is 549. The third kappa shape index (κ3) is 3.30. The second-order valence-corrected chi connectivity index (χ2v) is 4.58. The summed E-state index contributed by atoms with van der Waals surface area (Å²) in [4.78, 5) is 12.2. The minimum atomic E-state index is 0.149. The van der Waals surface area contributed by atoms with Gasteiger partial charge in [-0.05, 0) is 46.6 Å². The summed E-state index contributed by atoms with van der Waals surface area (Å²) < 4.78 is 0.923. The Morgan fingerprint density at radius 1 is 1.17 bits per heavy atom. The Hall–Kier alpha value is -1.40. The summed E-state index contributed by atoms with van der Waals surface area (Å²) in [5, 5.41) is 6.22. The van der Waals surface area contributed by atoms with Gasteiger partial charge in [-0.25, -0.2) is 0 Å². The molecule has 1 aromatic heterocycles. The average molecular weight is 329 g/mol. The van der Waals surface area contributed by atoms with Gasteiger partial charge in [0.1, 0.15) is 0 Å². The van der Waals surface area contributed by atoms with Crippen molar-refractivity contribution in [3.05, 3.63) is 34.0 Å². The summed E-state index contributed by atoms with van der Waals surface area (Å²) in [7, 11) is 0. The van der Waals surface area contributed by atoms with Crippen molar-refractivity contribution in [2.45, 2.75) is 6.92 Å². The van der Waals surface area contributed by atoms with E-state index >= 15 is 0 Å². The van der Waals surface area contributed by atoms with Gasteiger partial charge in [0.15, 0.2) is 0 Å². The Balaban J connectivity index is 2.26. The monoisotopic (exact) mass is 327 g/mol. The number of hydrogen-bond donors (Lipinski definition) is 2. The van der Waals surface area contributed by atoms with Crippen LogP contribution in [0.4, 0.5) is 17.6 Å². The maximum atomic E-state index is 5.84. The van der Waals surface area contributed by atoms with E-state index in [0.29, 0.717) is 11.9 Å². The zero-order valence-corrected chi connectivity index (χ0v) is 12.0. The molecule has 5 nitrogen and oxygen atoms in total. The minimum Gasteiger partial charge on any atom is -0.354 e. The number of anilines is 3. The smallest absolute Gasteiger partial charge is 0.233 e. The third-order valence-corrected chi connectivity index (χ3v) is 2.92. The standard InChI is InChI=1S/C11H11BrClN5/c1-2-14-10-16-9(13)17-11(18-10)15-8-6-4-3-5-7(8)12/h3-6H,2H2,1H3,(H2,14,15,16,17,18). The van der Waals surface area contributed by atoms with Gasteiger partial charge in [-0.3, -0.25) is 0 Å². The van der Waals surface area contributed by atoms with Crippen molar-refractivity contribution < 1.29 is 0 Å². The highest BCUT2D eigenvalue weighted by Gasteiger charge is 2.06. The highest BCUT2D eigenvalue weighted by molar-refractivity contribution is 9.10. The van der Waals surface area contributed by atoms with Crippen LogP contribution in [0.15, 0.2) is 28.7 Å². The van der Waals surface area contributed by atoms with Crippen molar-refractivity contribution in [3.63, 3.8) is 0 Å². The molecular weight excluding hydrogens is 318 g/mol. The molecule has 0 unspecified atom stereocenters. The van der Waals surface area contributed by atoms with E-state index in [1.807, 2.05) is 31.2 Å². The number of para-hydroxylation sites is 1. The van der Waals surface area contributed by atoms with Crippen LogP contribution in [-0.4, -0.2) is 21.5 Å². The first-order valence-corrected chi connectivity index (χ1v) is 6.53. The van der Waals surface area contributed by atoms with Gasteiger partial charge in [-0.15, -0.1) is 0 Å². The van der Waals surface area contributed by atoms with E-state index in [9.17, 15) is 0 Å². The van der Waals surface area contributed by atoms with Crippen LogP contribution in [0.3, 0.4) is 0 Å². The summed E-state index contributed by atoms with van der Waals surface area (Å²) in [6.45, 7) is 2.67. The van der Waals surface area contributed by atoms with Gasteiger partial charge in [0.2, 0.25) is 17.2 Å². The zero-order chi connectivity index (χ0) is 13.0. The topological polar surface area (TPSA) is 62.7 Å². The molecule has 0 fully saturated rings. The number of nitrogens with one attached hydrogen (secondary N) is 2. The molecule has 0 amide bonds. The maximum Gasteiger partial charge on any atom is 0.233 e. The van der Waals surface area contributed by atoms with Crippen molar-refractivity contribution in [2.24, 2.45) is 0 Å². The highest BCUT2D eigenvalue weighted by Crippen LogP contribution is 2.24. The van der Waals surface area contributed by atoms with Crippen LogP contribution in [0.25, 0.3) is 0 Å². The zero-order valence-electron chi connectivity index (χ0n) is 9.61. The van der Waals surface area contributed by atoms with Gasteiger partial charge in [0.05, 0.1) is 5.69 Å². The second kappa shape index (κ2) is 5.97. The molecule has 0 bridgehead atoms. The van der Waals surface area contributed by atoms with E-state index in [-0.39, 0.29) is 5.28 Å². The van der Waals surface area contributed by atoms with Crippen molar-refractivity contribution in [1.29, 1.82) is 0 Å². The third-order valence-electron chi connectivity index (χ3n) is 2.06. The fourth-order valence-electron chi connectivity index (χ4n) is 1.33. The molecular formula is C11H11BrClN5. The number of benzene rings is 1. The van der Waals surface area contributed by atoms with Gasteiger partial charge in [-0.2, -0.15) is 15.0 Å². The Kier molecular flexibility index (Phi) is 4.33. The SMILES string of the molecule is CCNc1nc(Cl)nc(Nc2ccccc2Br)n1. The fraction of sp³-hybridized carbons (Fsp3) is 0.182. The van der Waals surface area contributed by atoms with E-state index in [4.69, 9.17) is 11.6 Å². The van der Waals surface area contributed by atoms with E-state index in [2.05, 4.69) is 41.5 Å². The normalized spacial score (nSPS) is 10.2. The molecule has 1 aromatic carbocycles. The quantitative estimate of drug-likeness (QED) is 0.900. The molecule has 0 aliphatic carbocycles. The molecule has 94 valence electrons. The van der Waals surface area contributed by atoms with Gasteiger partial charge in [0, 0.05) is 11.0 Å². The van der Waals surface area contributed by atoms with Crippen LogP contribution in [-0.2, 0) is 0 Å². The molecule has 0 saturated carbocycles. The first kappa shape index (κ1) is 13.0. The minimum absolute atomic E-state index is 0.149. The molecule has 2 aromatic rings. The lowest BCUT2D eigenvalue weighted by atomic mass is 10.3. The molecule has 1 heterocycles. The molecule has 0 saturated heterocycles. The van der Waals surface area contributed by atoms with E-state index in [1.54, 1.807) is 0 Å². The van der Waals surface area contributed by atoms with Gasteiger partial charge >= 0.3 is 0 Å². The summed E-state index contributed by atoms with van der Waals surface area (Å²) in [6, 6.07) is 7.69. The summed E-state index contributed by atoms with van der Waals surface area (Å²) >= 11 is 9.28. The number of halogens is 2. The molecule has 0 aliphatic heterocycles. The molecule has 0 atom stereocenters. The Morgan fingerprint density at radius 3 is 2.61 bits per heavy atom. The molecule has 0 spiro atoms. The predicted molar refractivity (Wildman–Crippen MR) is 76.4 cm³/mol. The highest BCUT2D eigenvalue weighted by atomic mass is 79.9. The van der Waals surface area contributed by atoms with Crippen molar-refractivity contribution >= 4 is 45.1 Å². The lowest BCUT2D eigenvalue weighted by Gasteiger charge is -2.08. The van der Waals surface area contributed by atoms with Crippen LogP contribution < -0.4 is 10.6 Å². The van der Waals surface area contributed by atoms with Crippen LogP contribution in [0.2, 0.25) is 5.28 Å². The lowest BCUT2D eigenvalue weighted by Crippen LogP contribution is -2.06. The predicted octanol–water partition coefficient (Wildman–Crippen LogP) is 3.46. The molecule has 0 radical (unpaired) electrons. The first-order chi connectivity index (χ1) is 8.69. The molecule has 2 N–H and O–H groups in total. The van der Waals surface area contributed by atoms with E-state index < -0.39 is 0 Å². The Morgan fingerprint density at radius 2 is 1.89 bits per heavy atom. The molecule has 2 rings (SSSR count). The number of hydrogen-bond acceptors (Lipinski definition) is 5. The number of aromatic nitrogens is 3. The molecule has 18 heavy (non-hydrogen) atoms. The van der Waals surface area contributed by atoms with Crippen LogP contribution >= 0.6 is 27.5 Å². The summed E-state index contributed by atoms with van der Waals surface area (Å²) in [5.41, 5.74) is 0.863. The largest absolute Gasteiger partial charge is 0.354 e. The second-order valence-electron chi connectivity index (χ2n) is 3.39. The van der Waals surface area contributed by atoms with E-state index in [1.165, 1.54) is 0 Å². The van der Waals surface area contributed by atoms with Crippen LogP contribution in [0.1, 0.15) is 6.92 Å². The molecule has 0 aliphatic rings. The Labute approximate surface area is 118 Å². The fourth-order valence-corrected chi connectivity index (χ4v) is 1.87. The van der Waals surface area contributed by atoms with Gasteiger partial charge in [0.25, 0.3) is 0 Å². The van der Waals surface area contributed by atoms with Crippen LogP contribution in [0, 0.1) is 0 Å². The maximum absolute atomic E-state index is 5.84. The van der Waals surface area contributed by atoms with E-state index in [0.717, 1.165) is 16.7 Å².